The van der Waals surface area contributed by atoms with Crippen molar-refractivity contribution in [2.75, 3.05) is 0 Å². The minimum absolute atomic E-state index is 0.00579. The molecule has 16 heavy (non-hydrogen) atoms. The maximum atomic E-state index is 5.53. The SMILES string of the molecule is CC(C)(C)NC(=S)N(C(C)(C)C)C(C)(C)C. The van der Waals surface area contributed by atoms with Crippen LogP contribution in [0.2, 0.25) is 0 Å². The summed E-state index contributed by atoms with van der Waals surface area (Å²) in [6.07, 6.45) is 0. The molecule has 0 aliphatic heterocycles. The van der Waals surface area contributed by atoms with Gasteiger partial charge in [0.1, 0.15) is 0 Å². The normalized spacial score (nSPS) is 13.6. The maximum absolute atomic E-state index is 5.53. The molecule has 0 aliphatic rings. The summed E-state index contributed by atoms with van der Waals surface area (Å²) in [5.41, 5.74) is 0.0486. The van der Waals surface area contributed by atoms with Crippen LogP contribution in [0.15, 0.2) is 0 Å². The first kappa shape index (κ1) is 15.7. The molecule has 0 aromatic rings. The predicted octanol–water partition coefficient (Wildman–Crippen LogP) is 3.56. The van der Waals surface area contributed by atoms with Gasteiger partial charge in [-0.15, -0.1) is 0 Å². The first-order valence-corrected chi connectivity index (χ1v) is 6.28. The van der Waals surface area contributed by atoms with E-state index in [0.717, 1.165) is 5.11 Å². The number of hydrogen-bond acceptors (Lipinski definition) is 1. The standard InChI is InChI=1S/C13H28N2S/c1-11(2,3)14-10(16)15(12(4,5)6)13(7,8)9/h1-9H3,(H,14,16). The van der Waals surface area contributed by atoms with E-state index in [1.165, 1.54) is 0 Å². The Morgan fingerprint density at radius 1 is 0.812 bits per heavy atom. The van der Waals surface area contributed by atoms with E-state index in [1.807, 2.05) is 0 Å². The van der Waals surface area contributed by atoms with Crippen LogP contribution in [0.1, 0.15) is 62.3 Å². The van der Waals surface area contributed by atoms with Gasteiger partial charge in [0, 0.05) is 16.6 Å². The number of thiocarbonyl (C=S) groups is 1. The average molecular weight is 244 g/mol. The lowest BCUT2D eigenvalue weighted by atomic mass is 9.96. The molecule has 0 rings (SSSR count). The summed E-state index contributed by atoms with van der Waals surface area (Å²) in [5.74, 6) is 0. The van der Waals surface area contributed by atoms with Gasteiger partial charge in [0.25, 0.3) is 0 Å². The van der Waals surface area contributed by atoms with Gasteiger partial charge >= 0.3 is 0 Å². The van der Waals surface area contributed by atoms with Gasteiger partial charge in [0.15, 0.2) is 5.11 Å². The lowest BCUT2D eigenvalue weighted by Gasteiger charge is -2.48. The van der Waals surface area contributed by atoms with Crippen molar-refractivity contribution >= 4 is 17.3 Å². The highest BCUT2D eigenvalue weighted by Crippen LogP contribution is 2.25. The zero-order valence-electron chi connectivity index (χ0n) is 12.4. The van der Waals surface area contributed by atoms with Gasteiger partial charge in [0.05, 0.1) is 0 Å². The summed E-state index contributed by atoms with van der Waals surface area (Å²) in [4.78, 5) is 2.26. The summed E-state index contributed by atoms with van der Waals surface area (Å²) in [6, 6.07) is 0. The minimum atomic E-state index is 0.00579. The minimum Gasteiger partial charge on any atom is -0.358 e. The number of hydrogen-bond donors (Lipinski definition) is 1. The number of nitrogens with zero attached hydrogens (tertiary/aromatic N) is 1. The highest BCUT2D eigenvalue weighted by molar-refractivity contribution is 7.80. The molecule has 0 saturated heterocycles. The average Bonchev–Trinajstić information content (AvgIpc) is 1.70. The Hall–Kier alpha value is -0.310. The zero-order valence-corrected chi connectivity index (χ0v) is 13.2. The van der Waals surface area contributed by atoms with Gasteiger partial charge in [0.2, 0.25) is 0 Å². The molecule has 2 nitrogen and oxygen atoms in total. The van der Waals surface area contributed by atoms with Crippen molar-refractivity contribution in [1.82, 2.24) is 10.2 Å². The fourth-order valence-electron chi connectivity index (χ4n) is 1.99. The molecule has 0 aromatic carbocycles. The first-order chi connectivity index (χ1) is 6.75. The second-order valence-corrected chi connectivity index (χ2v) is 7.74. The van der Waals surface area contributed by atoms with E-state index in [4.69, 9.17) is 12.2 Å². The molecule has 0 saturated carbocycles. The van der Waals surface area contributed by atoms with E-state index in [-0.39, 0.29) is 16.6 Å². The molecule has 0 unspecified atom stereocenters. The molecule has 0 fully saturated rings. The lowest BCUT2D eigenvalue weighted by Crippen LogP contribution is -2.61. The monoisotopic (exact) mass is 244 g/mol. The third kappa shape index (κ3) is 5.15. The van der Waals surface area contributed by atoms with Crippen molar-refractivity contribution in [2.24, 2.45) is 0 Å². The Balaban J connectivity index is 5.03. The first-order valence-electron chi connectivity index (χ1n) is 5.87. The van der Waals surface area contributed by atoms with Gasteiger partial charge in [-0.1, -0.05) is 0 Å². The van der Waals surface area contributed by atoms with Crippen LogP contribution in [0, 0.1) is 0 Å². The molecule has 0 heterocycles. The topological polar surface area (TPSA) is 15.3 Å². The van der Waals surface area contributed by atoms with Gasteiger partial charge < -0.3 is 10.2 Å². The largest absolute Gasteiger partial charge is 0.358 e. The fraction of sp³-hybridized carbons (Fsp3) is 0.923. The molecule has 96 valence electrons. The molecule has 0 aromatic heterocycles. The molecular formula is C13H28N2S. The second kappa shape index (κ2) is 4.52. The predicted molar refractivity (Wildman–Crippen MR) is 76.8 cm³/mol. The van der Waals surface area contributed by atoms with Crippen molar-refractivity contribution < 1.29 is 0 Å². The smallest absolute Gasteiger partial charge is 0.170 e. The van der Waals surface area contributed by atoms with Crippen molar-refractivity contribution in [2.45, 2.75) is 78.9 Å². The molecule has 0 spiro atoms. The van der Waals surface area contributed by atoms with Gasteiger partial charge in [-0.3, -0.25) is 0 Å². The van der Waals surface area contributed by atoms with Crippen LogP contribution in [0.5, 0.6) is 0 Å². The van der Waals surface area contributed by atoms with E-state index in [2.05, 4.69) is 72.5 Å². The molecule has 0 aliphatic carbocycles. The summed E-state index contributed by atoms with van der Waals surface area (Å²) in [7, 11) is 0. The van der Waals surface area contributed by atoms with E-state index in [0.29, 0.717) is 0 Å². The molecular weight excluding hydrogens is 216 g/mol. The summed E-state index contributed by atoms with van der Waals surface area (Å²) < 4.78 is 0. The molecule has 1 N–H and O–H groups in total. The van der Waals surface area contributed by atoms with Crippen LogP contribution >= 0.6 is 12.2 Å². The molecule has 3 heteroatoms. The van der Waals surface area contributed by atoms with Crippen LogP contribution in [0.25, 0.3) is 0 Å². The molecule has 0 atom stereocenters. The Morgan fingerprint density at radius 3 is 1.31 bits per heavy atom. The summed E-state index contributed by atoms with van der Waals surface area (Å²) >= 11 is 5.53. The second-order valence-electron chi connectivity index (χ2n) is 7.36. The highest BCUT2D eigenvalue weighted by Gasteiger charge is 2.34. The summed E-state index contributed by atoms with van der Waals surface area (Å²) in [6.45, 7) is 19.5. The van der Waals surface area contributed by atoms with E-state index in [1.54, 1.807) is 0 Å². The summed E-state index contributed by atoms with van der Waals surface area (Å²) in [5, 5.41) is 4.22. The van der Waals surface area contributed by atoms with E-state index in [9.17, 15) is 0 Å². The van der Waals surface area contributed by atoms with Crippen LogP contribution in [-0.2, 0) is 0 Å². The van der Waals surface area contributed by atoms with Crippen molar-refractivity contribution in [3.63, 3.8) is 0 Å². The Kier molecular flexibility index (Phi) is 4.43. The van der Waals surface area contributed by atoms with E-state index < -0.39 is 0 Å². The van der Waals surface area contributed by atoms with Crippen molar-refractivity contribution in [1.29, 1.82) is 0 Å². The highest BCUT2D eigenvalue weighted by atomic mass is 32.1. The Labute approximate surface area is 107 Å². The quantitative estimate of drug-likeness (QED) is 0.656. The van der Waals surface area contributed by atoms with Crippen LogP contribution in [0.4, 0.5) is 0 Å². The molecule has 0 bridgehead atoms. The van der Waals surface area contributed by atoms with Crippen molar-refractivity contribution in [3.05, 3.63) is 0 Å². The van der Waals surface area contributed by atoms with Crippen LogP contribution in [-0.4, -0.2) is 26.6 Å². The van der Waals surface area contributed by atoms with Crippen molar-refractivity contribution in [3.8, 4) is 0 Å². The fourth-order valence-corrected chi connectivity index (χ4v) is 2.85. The van der Waals surface area contributed by atoms with Gasteiger partial charge in [-0.25, -0.2) is 0 Å². The Morgan fingerprint density at radius 2 is 1.12 bits per heavy atom. The number of nitrogens with one attached hydrogen (secondary N) is 1. The molecule has 0 amide bonds. The van der Waals surface area contributed by atoms with E-state index >= 15 is 0 Å². The van der Waals surface area contributed by atoms with Crippen LogP contribution < -0.4 is 5.32 Å². The molecule has 0 radical (unpaired) electrons. The lowest BCUT2D eigenvalue weighted by molar-refractivity contribution is 0.120. The van der Waals surface area contributed by atoms with Crippen LogP contribution in [0.3, 0.4) is 0 Å². The third-order valence-electron chi connectivity index (χ3n) is 2.03. The maximum Gasteiger partial charge on any atom is 0.170 e. The third-order valence-corrected chi connectivity index (χ3v) is 2.31. The van der Waals surface area contributed by atoms with Gasteiger partial charge in [-0.05, 0) is 74.5 Å². The zero-order chi connectivity index (χ0) is 13.4. The number of rotatable bonds is 0. The Bertz CT molecular complexity index is 237. The van der Waals surface area contributed by atoms with Gasteiger partial charge in [-0.2, -0.15) is 0 Å².